The summed E-state index contributed by atoms with van der Waals surface area (Å²) in [5.41, 5.74) is 1.56. The zero-order valence-electron chi connectivity index (χ0n) is 10.1. The molecule has 1 heterocycles. The molecule has 1 amide bonds. The summed E-state index contributed by atoms with van der Waals surface area (Å²) in [4.78, 5) is 26.1. The minimum Gasteiger partial charge on any atom is -0.312 e. The standard InChI is InChI=1S/C14H15NO2/c1-4-15-10(3)9(2)13(16)11-7-5-6-8-12(11)14(15)17/h5-9H,3-4H2,1-2H3. The third-order valence-electron chi connectivity index (χ3n) is 3.22. The predicted octanol–water partition coefficient (Wildman–Crippen LogP) is 2.49. The van der Waals surface area contributed by atoms with E-state index in [-0.39, 0.29) is 17.6 Å². The molecule has 1 aliphatic heterocycles. The second kappa shape index (κ2) is 4.17. The second-order valence-corrected chi connectivity index (χ2v) is 4.17. The largest absolute Gasteiger partial charge is 0.312 e. The van der Waals surface area contributed by atoms with Gasteiger partial charge < -0.3 is 4.90 Å². The van der Waals surface area contributed by atoms with Crippen LogP contribution in [-0.4, -0.2) is 23.1 Å². The first kappa shape index (κ1) is 11.6. The maximum absolute atomic E-state index is 12.3. The Morgan fingerprint density at radius 2 is 1.82 bits per heavy atom. The van der Waals surface area contributed by atoms with Gasteiger partial charge in [-0.2, -0.15) is 0 Å². The number of fused-ring (bicyclic) bond motifs is 1. The number of Topliss-reactive ketones (excluding diaryl/α,β-unsaturated/α-hetero) is 1. The predicted molar refractivity (Wildman–Crippen MR) is 65.8 cm³/mol. The van der Waals surface area contributed by atoms with Crippen LogP contribution < -0.4 is 0 Å². The highest BCUT2D eigenvalue weighted by Crippen LogP contribution is 2.27. The van der Waals surface area contributed by atoms with Gasteiger partial charge in [0.15, 0.2) is 5.78 Å². The van der Waals surface area contributed by atoms with E-state index >= 15 is 0 Å². The first-order valence-corrected chi connectivity index (χ1v) is 5.71. The van der Waals surface area contributed by atoms with Crippen molar-refractivity contribution in [2.75, 3.05) is 6.54 Å². The lowest BCUT2D eigenvalue weighted by Gasteiger charge is -2.23. The van der Waals surface area contributed by atoms with E-state index in [4.69, 9.17) is 0 Å². The van der Waals surface area contributed by atoms with E-state index in [9.17, 15) is 9.59 Å². The van der Waals surface area contributed by atoms with E-state index in [0.29, 0.717) is 23.4 Å². The smallest absolute Gasteiger partial charge is 0.258 e. The summed E-state index contributed by atoms with van der Waals surface area (Å²) in [6.07, 6.45) is 0. The van der Waals surface area contributed by atoms with Crippen molar-refractivity contribution in [3.8, 4) is 0 Å². The van der Waals surface area contributed by atoms with Gasteiger partial charge in [0.25, 0.3) is 5.91 Å². The van der Waals surface area contributed by atoms with Gasteiger partial charge in [0.1, 0.15) is 0 Å². The maximum Gasteiger partial charge on any atom is 0.258 e. The highest BCUT2D eigenvalue weighted by molar-refractivity contribution is 6.12. The molecular formula is C14H15NO2. The molecule has 0 spiro atoms. The fraction of sp³-hybridized carbons (Fsp3) is 0.286. The Balaban J connectivity index is 2.64. The van der Waals surface area contributed by atoms with Crippen molar-refractivity contribution in [2.45, 2.75) is 13.8 Å². The molecule has 1 atom stereocenters. The summed E-state index contributed by atoms with van der Waals surface area (Å²) in [5.74, 6) is -0.511. The third-order valence-corrected chi connectivity index (χ3v) is 3.22. The first-order chi connectivity index (χ1) is 8.07. The van der Waals surface area contributed by atoms with Gasteiger partial charge in [0, 0.05) is 17.8 Å². The Labute approximate surface area is 101 Å². The van der Waals surface area contributed by atoms with Crippen LogP contribution >= 0.6 is 0 Å². The molecule has 1 aliphatic rings. The Kier molecular flexibility index (Phi) is 2.84. The normalized spacial score (nSPS) is 20.2. The number of hydrogen-bond acceptors (Lipinski definition) is 2. The van der Waals surface area contributed by atoms with E-state index in [0.717, 1.165) is 0 Å². The summed E-state index contributed by atoms with van der Waals surface area (Å²) >= 11 is 0. The minimum absolute atomic E-state index is 0.0325. The Morgan fingerprint density at radius 1 is 1.24 bits per heavy atom. The minimum atomic E-state index is -0.345. The van der Waals surface area contributed by atoms with Gasteiger partial charge in [-0.25, -0.2) is 0 Å². The van der Waals surface area contributed by atoms with Crippen molar-refractivity contribution in [1.29, 1.82) is 0 Å². The number of allylic oxidation sites excluding steroid dienone is 1. The van der Waals surface area contributed by atoms with E-state index in [1.54, 1.807) is 36.1 Å². The lowest BCUT2D eigenvalue weighted by atomic mass is 9.95. The number of carbonyl (C=O) groups excluding carboxylic acids is 2. The number of rotatable bonds is 1. The number of ketones is 1. The van der Waals surface area contributed by atoms with E-state index in [1.165, 1.54) is 0 Å². The van der Waals surface area contributed by atoms with Crippen molar-refractivity contribution in [1.82, 2.24) is 4.90 Å². The van der Waals surface area contributed by atoms with Crippen LogP contribution in [0.25, 0.3) is 0 Å². The van der Waals surface area contributed by atoms with Crippen molar-refractivity contribution >= 4 is 11.7 Å². The SMILES string of the molecule is C=C1C(C)C(=O)c2ccccc2C(=O)N1CC. The number of benzene rings is 1. The number of nitrogens with zero attached hydrogens (tertiary/aromatic N) is 1. The lowest BCUT2D eigenvalue weighted by molar-refractivity contribution is 0.0802. The highest BCUT2D eigenvalue weighted by atomic mass is 16.2. The molecule has 3 nitrogen and oxygen atoms in total. The number of hydrogen-bond donors (Lipinski definition) is 0. The molecule has 2 rings (SSSR count). The van der Waals surface area contributed by atoms with Gasteiger partial charge in [-0.1, -0.05) is 24.8 Å². The quantitative estimate of drug-likeness (QED) is 0.742. The average Bonchev–Trinajstić information content (AvgIpc) is 2.42. The molecule has 17 heavy (non-hydrogen) atoms. The van der Waals surface area contributed by atoms with Crippen LogP contribution in [0, 0.1) is 5.92 Å². The van der Waals surface area contributed by atoms with Crippen LogP contribution in [0.2, 0.25) is 0 Å². The summed E-state index contributed by atoms with van der Waals surface area (Å²) < 4.78 is 0. The molecule has 1 aromatic carbocycles. The molecule has 1 unspecified atom stereocenters. The fourth-order valence-electron chi connectivity index (χ4n) is 2.13. The summed E-state index contributed by atoms with van der Waals surface area (Å²) in [5, 5.41) is 0. The van der Waals surface area contributed by atoms with Crippen LogP contribution in [0.4, 0.5) is 0 Å². The van der Waals surface area contributed by atoms with Crippen molar-refractivity contribution < 1.29 is 9.59 Å². The van der Waals surface area contributed by atoms with E-state index in [1.807, 2.05) is 6.92 Å². The Bertz CT molecular complexity index is 505. The first-order valence-electron chi connectivity index (χ1n) is 5.71. The molecule has 0 aromatic heterocycles. The van der Waals surface area contributed by atoms with Crippen LogP contribution in [0.1, 0.15) is 34.6 Å². The number of carbonyl (C=O) groups is 2. The summed E-state index contributed by atoms with van der Waals surface area (Å²) in [6, 6.07) is 6.96. The second-order valence-electron chi connectivity index (χ2n) is 4.17. The van der Waals surface area contributed by atoms with Crippen molar-refractivity contribution in [3.63, 3.8) is 0 Å². The van der Waals surface area contributed by atoms with Gasteiger partial charge >= 0.3 is 0 Å². The van der Waals surface area contributed by atoms with Gasteiger partial charge in [0.05, 0.1) is 11.5 Å². The van der Waals surface area contributed by atoms with Gasteiger partial charge in [0.2, 0.25) is 0 Å². The van der Waals surface area contributed by atoms with E-state index < -0.39 is 0 Å². The molecular weight excluding hydrogens is 214 g/mol. The van der Waals surface area contributed by atoms with Crippen LogP contribution in [-0.2, 0) is 0 Å². The number of amides is 1. The molecule has 0 saturated carbocycles. The maximum atomic E-state index is 12.3. The molecule has 3 heteroatoms. The summed E-state index contributed by atoms with van der Waals surface area (Å²) in [7, 11) is 0. The topological polar surface area (TPSA) is 37.4 Å². The molecule has 0 radical (unpaired) electrons. The third kappa shape index (κ3) is 1.68. The van der Waals surface area contributed by atoms with Gasteiger partial charge in [-0.05, 0) is 19.9 Å². The molecule has 0 fully saturated rings. The molecule has 1 aromatic rings. The van der Waals surface area contributed by atoms with Crippen LogP contribution in [0.15, 0.2) is 36.5 Å². The van der Waals surface area contributed by atoms with Gasteiger partial charge in [-0.15, -0.1) is 0 Å². The monoisotopic (exact) mass is 229 g/mol. The Morgan fingerprint density at radius 3 is 2.41 bits per heavy atom. The molecule has 88 valence electrons. The molecule has 0 saturated heterocycles. The zero-order valence-corrected chi connectivity index (χ0v) is 10.1. The zero-order chi connectivity index (χ0) is 12.6. The molecule has 0 aliphatic carbocycles. The fourth-order valence-corrected chi connectivity index (χ4v) is 2.13. The van der Waals surface area contributed by atoms with Crippen LogP contribution in [0.5, 0.6) is 0 Å². The molecule has 0 N–H and O–H groups in total. The average molecular weight is 229 g/mol. The molecule has 0 bridgehead atoms. The lowest BCUT2D eigenvalue weighted by Crippen LogP contribution is -2.31. The Hall–Kier alpha value is -1.90. The van der Waals surface area contributed by atoms with Crippen LogP contribution in [0.3, 0.4) is 0 Å². The highest BCUT2D eigenvalue weighted by Gasteiger charge is 2.32. The van der Waals surface area contributed by atoms with E-state index in [2.05, 4.69) is 6.58 Å². The van der Waals surface area contributed by atoms with Gasteiger partial charge in [-0.3, -0.25) is 9.59 Å². The van der Waals surface area contributed by atoms with Crippen molar-refractivity contribution in [2.24, 2.45) is 5.92 Å². The van der Waals surface area contributed by atoms with Crippen molar-refractivity contribution in [3.05, 3.63) is 47.7 Å². The summed E-state index contributed by atoms with van der Waals surface area (Å²) in [6.45, 7) is 8.08.